The topological polar surface area (TPSA) is 161 Å². The average Bonchev–Trinajstić information content (AvgIpc) is 2.95. The number of rotatable bonds is 26. The van der Waals surface area contributed by atoms with Crippen molar-refractivity contribution < 1.29 is 39.6 Å². The second-order valence-corrected chi connectivity index (χ2v) is 18.9. The zero-order valence-corrected chi connectivity index (χ0v) is 34.2. The summed E-state index contributed by atoms with van der Waals surface area (Å²) in [7, 11) is 0. The molecule has 0 aliphatic carbocycles. The van der Waals surface area contributed by atoms with Crippen molar-refractivity contribution in [2.75, 3.05) is 0 Å². The maximum Gasteiger partial charge on any atom is 0.0445 e. The first-order valence-electron chi connectivity index (χ1n) is 18.0. The average molecular weight is 748 g/mol. The van der Waals surface area contributed by atoms with E-state index in [1.54, 1.807) is 8.87 Å². The maximum atomic E-state index is 11.0. The number of aliphatic carboxylic acids is 4. The summed E-state index contributed by atoms with van der Waals surface area (Å²) in [5.41, 5.74) is 0. The third-order valence-electron chi connectivity index (χ3n) is 8.42. The van der Waals surface area contributed by atoms with Crippen molar-refractivity contribution >= 4 is 45.0 Å². The molecule has 0 aromatic carbocycles. The van der Waals surface area contributed by atoms with Crippen molar-refractivity contribution in [3.63, 3.8) is 0 Å². The number of carboxylic acids is 4. The minimum absolute atomic E-state index is 0.0739. The Morgan fingerprint density at radius 1 is 0.533 bits per heavy atom. The van der Waals surface area contributed by atoms with E-state index >= 15 is 0 Å². The standard InChI is InChI=1S/2C14H26O4.2C4H9.Sn.2H/c2*1-3-5-7-11(4-2)10-12(14(17)18)8-6-9-13(15)16;2*1-4(2)3;;;/h2*11-12H,3-10H2,1-2H3,(H,15,16)(H,17,18);2*4H,1H2,2-3H3;;;/q;;;;+4;;/p-4. The third-order valence-corrected chi connectivity index (χ3v) is 17.3. The molecule has 0 saturated carbocycles. The van der Waals surface area contributed by atoms with E-state index < -0.39 is 35.7 Å². The number of hydrogen-bond acceptors (Lipinski definition) is 8. The van der Waals surface area contributed by atoms with Gasteiger partial charge in [0.05, 0.1) is 0 Å². The van der Waals surface area contributed by atoms with Crippen LogP contribution in [-0.4, -0.2) is 45.0 Å². The molecule has 0 N–H and O–H groups in total. The van der Waals surface area contributed by atoms with E-state index in [0.29, 0.717) is 50.4 Å². The summed E-state index contributed by atoms with van der Waals surface area (Å²) in [6.45, 7) is 17.7. The van der Waals surface area contributed by atoms with E-state index in [-0.39, 0.29) is 34.0 Å². The molecule has 0 amide bonds. The Bertz CT molecular complexity index is 681. The summed E-state index contributed by atoms with van der Waals surface area (Å²) in [5.74, 6) is -2.62. The van der Waals surface area contributed by atoms with Crippen LogP contribution in [0.4, 0.5) is 0 Å². The van der Waals surface area contributed by atoms with E-state index in [1.165, 1.54) is 0 Å². The maximum absolute atomic E-state index is 11.0. The fourth-order valence-corrected chi connectivity index (χ4v) is 10.7. The summed E-state index contributed by atoms with van der Waals surface area (Å²) in [6, 6.07) is 0. The zero-order chi connectivity index (χ0) is 35.2. The number of carbonyl (C=O) groups excluding carboxylic acids is 4. The first-order valence-corrected chi connectivity index (χ1v) is 23.7. The molecule has 0 fully saturated rings. The molecule has 0 heterocycles. The Morgan fingerprint density at radius 3 is 1.09 bits per heavy atom. The van der Waals surface area contributed by atoms with Gasteiger partial charge in [-0.1, -0.05) is 79.1 Å². The molecule has 0 saturated heterocycles. The van der Waals surface area contributed by atoms with Gasteiger partial charge in [0.15, 0.2) is 0 Å². The van der Waals surface area contributed by atoms with Gasteiger partial charge in [-0.25, -0.2) is 0 Å². The molecule has 0 aromatic heterocycles. The largest absolute Gasteiger partial charge is 0.550 e. The molecule has 0 aliphatic rings. The van der Waals surface area contributed by atoms with Crippen LogP contribution in [0.5, 0.6) is 0 Å². The van der Waals surface area contributed by atoms with E-state index in [9.17, 15) is 39.6 Å². The predicted molar refractivity (Wildman–Crippen MR) is 178 cm³/mol. The monoisotopic (exact) mass is 748 g/mol. The Balaban J connectivity index is -0.000000622. The molecule has 0 aromatic rings. The summed E-state index contributed by atoms with van der Waals surface area (Å²) in [4.78, 5) is 42.6. The Hall–Kier alpha value is -1.32. The molecule has 8 nitrogen and oxygen atoms in total. The summed E-state index contributed by atoms with van der Waals surface area (Å²) in [6.07, 6.45) is 10.9. The SMILES string of the molecule is CC(C)[CH2][SnH2+4][CH2]C(C)C.CCCCC(CC)CC(CCCC(=O)[O-])C(=O)[O-].CCCCC(CC)CC(CCCC(=O)[O-])C(=O)[O-]. The molecule has 4 radical (unpaired) electrons. The van der Waals surface area contributed by atoms with Crippen LogP contribution in [-0.2, 0) is 19.2 Å². The summed E-state index contributed by atoms with van der Waals surface area (Å²) < 4.78 is 3.22. The molecule has 4 unspecified atom stereocenters. The molecule has 4 atom stereocenters. The fraction of sp³-hybridized carbons (Fsp3) is 0.889. The van der Waals surface area contributed by atoms with E-state index in [2.05, 4.69) is 55.4 Å². The molecule has 0 aliphatic heterocycles. The van der Waals surface area contributed by atoms with Gasteiger partial charge in [-0.05, 0) is 75.0 Å². The minimum Gasteiger partial charge on any atom is -0.550 e. The second kappa shape index (κ2) is 32.6. The Labute approximate surface area is 286 Å². The van der Waals surface area contributed by atoms with Gasteiger partial charge in [0, 0.05) is 23.9 Å². The number of carbonyl (C=O) groups is 4. The van der Waals surface area contributed by atoms with Crippen molar-refractivity contribution in [3.8, 4) is 0 Å². The van der Waals surface area contributed by atoms with Gasteiger partial charge in [0.2, 0.25) is 0 Å². The van der Waals surface area contributed by atoms with Crippen LogP contribution in [0.25, 0.3) is 0 Å². The predicted octanol–water partition coefficient (Wildman–Crippen LogP) is 4.06. The van der Waals surface area contributed by atoms with Crippen molar-refractivity contribution in [2.24, 2.45) is 35.5 Å². The van der Waals surface area contributed by atoms with Gasteiger partial charge in [-0.15, -0.1) is 0 Å². The molecule has 0 bridgehead atoms. The zero-order valence-electron chi connectivity index (χ0n) is 30.2. The van der Waals surface area contributed by atoms with Crippen molar-refractivity contribution in [1.82, 2.24) is 0 Å². The fourth-order valence-electron chi connectivity index (χ4n) is 5.35. The van der Waals surface area contributed by atoms with Gasteiger partial charge in [-0.2, -0.15) is 0 Å². The van der Waals surface area contributed by atoms with Crippen molar-refractivity contribution in [1.29, 1.82) is 0 Å². The van der Waals surface area contributed by atoms with Crippen molar-refractivity contribution in [3.05, 3.63) is 0 Å². The molecule has 0 rings (SSSR count). The van der Waals surface area contributed by atoms with Crippen LogP contribution < -0.4 is 20.4 Å². The van der Waals surface area contributed by atoms with Gasteiger partial charge in [-0.3, -0.25) is 0 Å². The van der Waals surface area contributed by atoms with E-state index in [4.69, 9.17) is 0 Å². The summed E-state index contributed by atoms with van der Waals surface area (Å²) in [5, 5.41) is 42.6. The Kier molecular flexibility index (Phi) is 34.8. The number of unbranched alkanes of at least 4 members (excludes halogenated alkanes) is 2. The molecule has 0 spiro atoms. The smallest absolute Gasteiger partial charge is 0.0445 e. The van der Waals surface area contributed by atoms with Crippen LogP contribution >= 0.6 is 0 Å². The van der Waals surface area contributed by atoms with E-state index in [1.807, 2.05) is 0 Å². The van der Waals surface area contributed by atoms with Crippen LogP contribution in [0, 0.1) is 35.5 Å². The third kappa shape index (κ3) is 35.4. The molecular weight excluding hydrogens is 679 g/mol. The molecule has 264 valence electrons. The van der Waals surface area contributed by atoms with Crippen LogP contribution in [0.15, 0.2) is 0 Å². The van der Waals surface area contributed by atoms with Gasteiger partial charge in [0.1, 0.15) is 0 Å². The molecule has 45 heavy (non-hydrogen) atoms. The van der Waals surface area contributed by atoms with Crippen LogP contribution in [0.1, 0.15) is 158 Å². The summed E-state index contributed by atoms with van der Waals surface area (Å²) >= 11 is -0.245. The molecular formula is C36H68O8Sn. The van der Waals surface area contributed by atoms with Gasteiger partial charge < -0.3 is 39.6 Å². The first-order chi connectivity index (χ1) is 21.1. The minimum atomic E-state index is -1.12. The van der Waals surface area contributed by atoms with Crippen LogP contribution in [0.3, 0.4) is 0 Å². The number of carboxylic acid groups (broad SMARTS) is 4. The van der Waals surface area contributed by atoms with Gasteiger partial charge in [0.25, 0.3) is 0 Å². The number of hydrogen-bond donors (Lipinski definition) is 0. The second-order valence-electron chi connectivity index (χ2n) is 13.6. The normalized spacial score (nSPS) is 13.6. The van der Waals surface area contributed by atoms with E-state index in [0.717, 1.165) is 63.2 Å². The first kappa shape index (κ1) is 48.1. The van der Waals surface area contributed by atoms with Crippen LogP contribution in [0.2, 0.25) is 8.87 Å². The van der Waals surface area contributed by atoms with Crippen molar-refractivity contribution in [2.45, 2.75) is 167 Å². The molecule has 9 heteroatoms. The Morgan fingerprint density at radius 2 is 0.867 bits per heavy atom. The van der Waals surface area contributed by atoms with Gasteiger partial charge >= 0.3 is 69.5 Å². The quantitative estimate of drug-likeness (QED) is 0.120.